The number of nitrogens with one attached hydrogen (secondary N) is 1. The zero-order valence-corrected chi connectivity index (χ0v) is 12.7. The van der Waals surface area contributed by atoms with Gasteiger partial charge in [0.05, 0.1) is 6.61 Å². The van der Waals surface area contributed by atoms with Crippen LogP contribution in [0.15, 0.2) is 35.0 Å². The highest BCUT2D eigenvalue weighted by molar-refractivity contribution is 6.02. The lowest BCUT2D eigenvalue weighted by Crippen LogP contribution is -2.33. The Morgan fingerprint density at radius 1 is 1.41 bits per heavy atom. The first-order valence-corrected chi connectivity index (χ1v) is 7.03. The number of aromatic nitrogens is 1. The molecule has 1 N–H and O–H groups in total. The van der Waals surface area contributed by atoms with Crippen molar-refractivity contribution in [2.75, 3.05) is 26.0 Å². The van der Waals surface area contributed by atoms with Gasteiger partial charge in [-0.3, -0.25) is 14.4 Å². The first kappa shape index (κ1) is 15.8. The van der Waals surface area contributed by atoms with Crippen LogP contribution in [0.2, 0.25) is 0 Å². The number of allylic oxidation sites excluding steroid dienone is 1. The second-order valence-corrected chi connectivity index (χ2v) is 5.16. The van der Waals surface area contributed by atoms with Gasteiger partial charge < -0.3 is 19.5 Å². The molecule has 1 aliphatic heterocycles. The lowest BCUT2D eigenvalue weighted by molar-refractivity contribution is -0.129. The molecule has 1 aromatic rings. The molecular formula is C15H19N3O4. The number of anilines is 1. The normalized spacial score (nSPS) is 13.8. The van der Waals surface area contributed by atoms with E-state index >= 15 is 0 Å². The van der Waals surface area contributed by atoms with Crippen molar-refractivity contribution in [2.45, 2.75) is 19.4 Å². The van der Waals surface area contributed by atoms with Crippen LogP contribution in [-0.4, -0.2) is 42.0 Å². The lowest BCUT2D eigenvalue weighted by Gasteiger charge is -2.15. The van der Waals surface area contributed by atoms with Gasteiger partial charge in [0.2, 0.25) is 5.91 Å². The van der Waals surface area contributed by atoms with Crippen LogP contribution in [0.4, 0.5) is 5.69 Å². The summed E-state index contributed by atoms with van der Waals surface area (Å²) in [5.41, 5.74) is -0.309. The molecule has 0 atom stereocenters. The maximum Gasteiger partial charge on any atom is 0.290 e. The molecular weight excluding hydrogens is 286 g/mol. The van der Waals surface area contributed by atoms with E-state index in [0.717, 1.165) is 12.8 Å². The second kappa shape index (κ2) is 6.93. The topological polar surface area (TPSA) is 80.6 Å². The van der Waals surface area contributed by atoms with Crippen LogP contribution in [-0.2, 0) is 20.9 Å². The minimum atomic E-state index is -0.450. The molecule has 0 bridgehead atoms. The second-order valence-electron chi connectivity index (χ2n) is 5.16. The Morgan fingerprint density at radius 3 is 2.82 bits per heavy atom. The Kier molecular flexibility index (Phi) is 4.98. The fourth-order valence-electron chi connectivity index (χ4n) is 1.94. The molecule has 2 rings (SSSR count). The van der Waals surface area contributed by atoms with Crippen LogP contribution in [0.25, 0.3) is 0 Å². The van der Waals surface area contributed by atoms with Gasteiger partial charge in [-0.2, -0.15) is 0 Å². The molecule has 7 nitrogen and oxygen atoms in total. The largest absolute Gasteiger partial charge is 0.488 e. The van der Waals surface area contributed by atoms with E-state index in [0.29, 0.717) is 6.61 Å². The van der Waals surface area contributed by atoms with E-state index in [1.54, 1.807) is 26.2 Å². The summed E-state index contributed by atoms with van der Waals surface area (Å²) in [6, 6.07) is 3.11. The van der Waals surface area contributed by atoms with Gasteiger partial charge in [0.25, 0.3) is 11.5 Å². The van der Waals surface area contributed by atoms with Gasteiger partial charge in [0.15, 0.2) is 5.76 Å². The van der Waals surface area contributed by atoms with E-state index in [2.05, 4.69) is 5.32 Å². The van der Waals surface area contributed by atoms with Crippen LogP contribution in [0, 0.1) is 0 Å². The number of hydrogen-bond donors (Lipinski definition) is 1. The number of hydrogen-bond acceptors (Lipinski definition) is 4. The van der Waals surface area contributed by atoms with Crippen LogP contribution in [0.1, 0.15) is 12.8 Å². The Balaban J connectivity index is 2.15. The molecule has 118 valence electrons. The Labute approximate surface area is 128 Å². The molecule has 0 radical (unpaired) electrons. The predicted molar refractivity (Wildman–Crippen MR) is 81.3 cm³/mol. The van der Waals surface area contributed by atoms with E-state index < -0.39 is 11.5 Å². The van der Waals surface area contributed by atoms with Gasteiger partial charge in [-0.25, -0.2) is 0 Å². The van der Waals surface area contributed by atoms with Crippen molar-refractivity contribution in [3.05, 3.63) is 40.5 Å². The van der Waals surface area contributed by atoms with Crippen molar-refractivity contribution in [3.63, 3.8) is 0 Å². The average Bonchev–Trinajstić information content (AvgIpc) is 2.51. The fourth-order valence-corrected chi connectivity index (χ4v) is 1.94. The summed E-state index contributed by atoms with van der Waals surface area (Å²) < 4.78 is 6.52. The fraction of sp³-hybridized carbons (Fsp3) is 0.400. The van der Waals surface area contributed by atoms with Crippen LogP contribution in [0.3, 0.4) is 0 Å². The Hall–Kier alpha value is -2.57. The first-order chi connectivity index (χ1) is 10.5. The third kappa shape index (κ3) is 3.75. The third-order valence-corrected chi connectivity index (χ3v) is 3.23. The van der Waals surface area contributed by atoms with Crippen molar-refractivity contribution >= 4 is 17.5 Å². The molecule has 2 amide bonds. The smallest absolute Gasteiger partial charge is 0.290 e. The molecule has 1 aliphatic rings. The van der Waals surface area contributed by atoms with Crippen molar-refractivity contribution in [2.24, 2.45) is 0 Å². The average molecular weight is 305 g/mol. The molecule has 1 aromatic heterocycles. The highest BCUT2D eigenvalue weighted by Crippen LogP contribution is 2.11. The van der Waals surface area contributed by atoms with Crippen molar-refractivity contribution < 1.29 is 14.3 Å². The number of carbonyl (C=O) groups excluding carboxylic acids is 2. The first-order valence-electron chi connectivity index (χ1n) is 7.03. The van der Waals surface area contributed by atoms with E-state index in [1.807, 2.05) is 0 Å². The summed E-state index contributed by atoms with van der Waals surface area (Å²) in [6.45, 7) is 0.421. The van der Waals surface area contributed by atoms with Gasteiger partial charge in [-0.15, -0.1) is 0 Å². The molecule has 0 aliphatic carbocycles. The predicted octanol–water partition coefficient (Wildman–Crippen LogP) is 0.569. The standard InChI is InChI=1S/C15H19N3O4/c1-17(2)13(19)10-18-8-5-6-11(15(18)21)16-14(20)12-7-3-4-9-22-12/h5-8H,3-4,9-10H2,1-2H3,(H,16,20). The van der Waals surface area contributed by atoms with Gasteiger partial charge in [-0.1, -0.05) is 0 Å². The maximum absolute atomic E-state index is 12.3. The van der Waals surface area contributed by atoms with E-state index in [9.17, 15) is 14.4 Å². The van der Waals surface area contributed by atoms with Gasteiger partial charge in [0.1, 0.15) is 12.2 Å². The lowest BCUT2D eigenvalue weighted by atomic mass is 10.2. The molecule has 0 saturated heterocycles. The summed E-state index contributed by atoms with van der Waals surface area (Å²) >= 11 is 0. The molecule has 22 heavy (non-hydrogen) atoms. The van der Waals surface area contributed by atoms with Crippen LogP contribution >= 0.6 is 0 Å². The monoisotopic (exact) mass is 305 g/mol. The molecule has 0 spiro atoms. The summed E-state index contributed by atoms with van der Waals surface area (Å²) in [5.74, 6) is -0.428. The number of nitrogens with zero attached hydrogens (tertiary/aromatic N) is 2. The third-order valence-electron chi connectivity index (χ3n) is 3.23. The number of amides is 2. The molecule has 0 aromatic carbocycles. The van der Waals surface area contributed by atoms with E-state index in [4.69, 9.17) is 4.74 Å². The van der Waals surface area contributed by atoms with Crippen molar-refractivity contribution in [1.29, 1.82) is 0 Å². The zero-order valence-electron chi connectivity index (χ0n) is 12.7. The highest BCUT2D eigenvalue weighted by atomic mass is 16.5. The number of carbonyl (C=O) groups is 2. The minimum Gasteiger partial charge on any atom is -0.488 e. The molecule has 0 fully saturated rings. The summed E-state index contributed by atoms with van der Waals surface area (Å²) in [4.78, 5) is 37.4. The number of likely N-dealkylation sites (N-methyl/N-ethyl adjacent to an activating group) is 1. The summed E-state index contributed by atoms with van der Waals surface area (Å²) in [7, 11) is 3.23. The quantitative estimate of drug-likeness (QED) is 0.882. The number of pyridine rings is 1. The highest BCUT2D eigenvalue weighted by Gasteiger charge is 2.16. The minimum absolute atomic E-state index is 0.0747. The molecule has 0 unspecified atom stereocenters. The SMILES string of the molecule is CN(C)C(=O)Cn1cccc(NC(=O)C2=CCCCO2)c1=O. The maximum atomic E-state index is 12.3. The summed E-state index contributed by atoms with van der Waals surface area (Å²) in [5, 5.41) is 2.53. The van der Waals surface area contributed by atoms with Crippen molar-refractivity contribution in [1.82, 2.24) is 9.47 Å². The number of ether oxygens (including phenoxy) is 1. The molecule has 0 saturated carbocycles. The molecule has 2 heterocycles. The van der Waals surface area contributed by atoms with E-state index in [1.165, 1.54) is 21.7 Å². The van der Waals surface area contributed by atoms with Crippen LogP contribution < -0.4 is 10.9 Å². The number of rotatable bonds is 4. The molecule has 7 heteroatoms. The van der Waals surface area contributed by atoms with Gasteiger partial charge in [-0.05, 0) is 31.1 Å². The van der Waals surface area contributed by atoms with E-state index in [-0.39, 0.29) is 23.9 Å². The van der Waals surface area contributed by atoms with Gasteiger partial charge in [0, 0.05) is 20.3 Å². The van der Waals surface area contributed by atoms with Gasteiger partial charge >= 0.3 is 0 Å². The van der Waals surface area contributed by atoms with Crippen LogP contribution in [0.5, 0.6) is 0 Å². The Bertz CT molecular complexity index is 661. The van der Waals surface area contributed by atoms with Crippen molar-refractivity contribution in [3.8, 4) is 0 Å². The summed E-state index contributed by atoms with van der Waals surface area (Å²) in [6.07, 6.45) is 4.87. The zero-order chi connectivity index (χ0) is 16.1. The Morgan fingerprint density at radius 2 is 2.18 bits per heavy atom.